The number of amides is 2. The molecule has 5 heteroatoms. The van der Waals surface area contributed by atoms with Crippen LogP contribution in [0.5, 0.6) is 0 Å². The van der Waals surface area contributed by atoms with Crippen LogP contribution in [-0.4, -0.2) is 43.1 Å². The normalized spacial score (nSPS) is 21.8. The molecular formula is C8H14N2O3. The minimum Gasteiger partial charge on any atom is -0.450 e. The Morgan fingerprint density at radius 1 is 1.77 bits per heavy atom. The van der Waals surface area contributed by atoms with Gasteiger partial charge in [-0.2, -0.15) is 0 Å². The van der Waals surface area contributed by atoms with Crippen molar-refractivity contribution < 1.29 is 14.3 Å². The van der Waals surface area contributed by atoms with Gasteiger partial charge in [-0.25, -0.2) is 4.79 Å². The monoisotopic (exact) mass is 186 g/mol. The molecule has 0 aromatic heterocycles. The fraction of sp³-hybridized carbons (Fsp3) is 0.750. The lowest BCUT2D eigenvalue weighted by Crippen LogP contribution is -2.36. The number of ether oxygens (including phenoxy) is 1. The summed E-state index contributed by atoms with van der Waals surface area (Å²) < 4.78 is 4.69. The largest absolute Gasteiger partial charge is 0.450 e. The van der Waals surface area contributed by atoms with Crippen molar-refractivity contribution in [2.24, 2.45) is 0 Å². The molecule has 1 rings (SSSR count). The van der Waals surface area contributed by atoms with Gasteiger partial charge in [-0.3, -0.25) is 4.79 Å². The molecule has 1 fully saturated rings. The summed E-state index contributed by atoms with van der Waals surface area (Å²) in [6, 6.07) is -0.100. The molecule has 5 nitrogen and oxygen atoms in total. The summed E-state index contributed by atoms with van der Waals surface area (Å²) in [5, 5.41) is 2.62. The van der Waals surface area contributed by atoms with Gasteiger partial charge in [0.2, 0.25) is 5.91 Å². The number of nitrogens with one attached hydrogen (secondary N) is 1. The average Bonchev–Trinajstić information content (AvgIpc) is 2.31. The number of likely N-dealkylation sites (N-methyl/N-ethyl adjacent to an activating group) is 1. The van der Waals surface area contributed by atoms with E-state index in [0.717, 1.165) is 0 Å². The first kappa shape index (κ1) is 9.83. The van der Waals surface area contributed by atoms with Crippen molar-refractivity contribution in [3.8, 4) is 0 Å². The van der Waals surface area contributed by atoms with Crippen LogP contribution in [0.2, 0.25) is 0 Å². The maximum Gasteiger partial charge on any atom is 0.407 e. The molecule has 0 spiro atoms. The molecular weight excluding hydrogens is 172 g/mol. The van der Waals surface area contributed by atoms with Gasteiger partial charge in [0.15, 0.2) is 0 Å². The van der Waals surface area contributed by atoms with Gasteiger partial charge >= 0.3 is 6.09 Å². The Bertz CT molecular complexity index is 217. The number of likely N-dealkylation sites (tertiary alicyclic amines) is 1. The summed E-state index contributed by atoms with van der Waals surface area (Å²) in [4.78, 5) is 23.6. The van der Waals surface area contributed by atoms with E-state index in [0.29, 0.717) is 19.6 Å². The zero-order valence-corrected chi connectivity index (χ0v) is 7.87. The lowest BCUT2D eigenvalue weighted by Gasteiger charge is -2.11. The van der Waals surface area contributed by atoms with Crippen LogP contribution >= 0.6 is 0 Å². The quantitative estimate of drug-likeness (QED) is 0.658. The van der Waals surface area contributed by atoms with Crippen LogP contribution in [0.1, 0.15) is 13.3 Å². The van der Waals surface area contributed by atoms with Gasteiger partial charge in [-0.15, -0.1) is 0 Å². The Labute approximate surface area is 77.0 Å². The van der Waals surface area contributed by atoms with Crippen molar-refractivity contribution in [1.82, 2.24) is 10.2 Å². The number of nitrogens with zero attached hydrogens (tertiary/aromatic N) is 1. The third-order valence-corrected chi connectivity index (χ3v) is 1.94. The summed E-state index contributed by atoms with van der Waals surface area (Å²) in [5.74, 6) is 0.0572. The van der Waals surface area contributed by atoms with E-state index in [4.69, 9.17) is 4.74 Å². The molecule has 74 valence electrons. The summed E-state index contributed by atoms with van der Waals surface area (Å²) >= 11 is 0. The van der Waals surface area contributed by atoms with Crippen LogP contribution in [0.25, 0.3) is 0 Å². The number of hydrogen-bond acceptors (Lipinski definition) is 3. The first-order chi connectivity index (χ1) is 6.13. The van der Waals surface area contributed by atoms with E-state index in [-0.39, 0.29) is 11.9 Å². The summed E-state index contributed by atoms with van der Waals surface area (Å²) in [6.07, 6.45) is -0.0782. The van der Waals surface area contributed by atoms with Crippen LogP contribution in [-0.2, 0) is 9.53 Å². The minimum absolute atomic E-state index is 0.0572. The van der Waals surface area contributed by atoms with Gasteiger partial charge < -0.3 is 15.0 Å². The Balaban J connectivity index is 2.31. The molecule has 0 radical (unpaired) electrons. The predicted octanol–water partition coefficient (Wildman–Crippen LogP) is -0.0368. The van der Waals surface area contributed by atoms with Gasteiger partial charge in [-0.1, -0.05) is 0 Å². The standard InChI is InChI=1S/C8H14N2O3/c1-3-13-8(12)9-6-4-7(11)10(2)5-6/h6H,3-5H2,1-2H3,(H,9,12). The second kappa shape index (κ2) is 4.11. The van der Waals surface area contributed by atoms with Crippen molar-refractivity contribution in [3.63, 3.8) is 0 Å². The maximum atomic E-state index is 11.1. The number of carbonyl (C=O) groups is 2. The van der Waals surface area contributed by atoms with Crippen molar-refractivity contribution in [3.05, 3.63) is 0 Å². The SMILES string of the molecule is CCOC(=O)NC1CC(=O)N(C)C1. The van der Waals surface area contributed by atoms with Gasteiger partial charge in [0.05, 0.1) is 12.6 Å². The Morgan fingerprint density at radius 3 is 2.92 bits per heavy atom. The molecule has 0 aliphatic carbocycles. The van der Waals surface area contributed by atoms with Crippen LogP contribution in [0.15, 0.2) is 0 Å². The first-order valence-corrected chi connectivity index (χ1v) is 4.30. The van der Waals surface area contributed by atoms with Crippen molar-refractivity contribution in [2.45, 2.75) is 19.4 Å². The summed E-state index contributed by atoms with van der Waals surface area (Å²) in [6.45, 7) is 2.66. The second-order valence-corrected chi connectivity index (χ2v) is 3.04. The molecule has 1 saturated heterocycles. The first-order valence-electron chi connectivity index (χ1n) is 4.30. The molecule has 0 bridgehead atoms. The van der Waals surface area contributed by atoms with Crippen LogP contribution in [0, 0.1) is 0 Å². The maximum absolute atomic E-state index is 11.1. The van der Waals surface area contributed by atoms with Crippen LogP contribution in [0.3, 0.4) is 0 Å². The van der Waals surface area contributed by atoms with E-state index in [2.05, 4.69) is 5.32 Å². The Hall–Kier alpha value is -1.26. The summed E-state index contributed by atoms with van der Waals surface area (Å²) in [5.41, 5.74) is 0. The van der Waals surface area contributed by atoms with E-state index in [1.165, 1.54) is 0 Å². The molecule has 1 unspecified atom stereocenters. The molecule has 0 aromatic rings. The predicted molar refractivity (Wildman–Crippen MR) is 46.2 cm³/mol. The van der Waals surface area contributed by atoms with Gasteiger partial charge in [0.25, 0.3) is 0 Å². The number of alkyl carbamates (subject to hydrolysis) is 1. The highest BCUT2D eigenvalue weighted by atomic mass is 16.5. The lowest BCUT2D eigenvalue weighted by atomic mass is 10.3. The molecule has 2 amide bonds. The van der Waals surface area contributed by atoms with E-state index >= 15 is 0 Å². The summed E-state index contributed by atoms with van der Waals surface area (Å²) in [7, 11) is 1.72. The zero-order chi connectivity index (χ0) is 9.84. The van der Waals surface area contributed by atoms with Gasteiger partial charge in [0.1, 0.15) is 0 Å². The molecule has 1 aliphatic heterocycles. The van der Waals surface area contributed by atoms with Crippen LogP contribution < -0.4 is 5.32 Å². The van der Waals surface area contributed by atoms with E-state index in [9.17, 15) is 9.59 Å². The minimum atomic E-state index is -0.449. The topological polar surface area (TPSA) is 58.6 Å². The van der Waals surface area contributed by atoms with Gasteiger partial charge in [0, 0.05) is 20.0 Å². The van der Waals surface area contributed by atoms with Crippen molar-refractivity contribution in [1.29, 1.82) is 0 Å². The Morgan fingerprint density at radius 2 is 2.46 bits per heavy atom. The fourth-order valence-electron chi connectivity index (χ4n) is 1.30. The molecule has 1 N–H and O–H groups in total. The molecule has 1 atom stereocenters. The van der Waals surface area contributed by atoms with E-state index < -0.39 is 6.09 Å². The third kappa shape index (κ3) is 2.61. The van der Waals surface area contributed by atoms with E-state index in [1.54, 1.807) is 18.9 Å². The fourth-order valence-corrected chi connectivity index (χ4v) is 1.30. The highest BCUT2D eigenvalue weighted by molar-refractivity contribution is 5.80. The highest BCUT2D eigenvalue weighted by Crippen LogP contribution is 2.07. The third-order valence-electron chi connectivity index (χ3n) is 1.94. The molecule has 0 saturated carbocycles. The number of hydrogen-bond donors (Lipinski definition) is 1. The lowest BCUT2D eigenvalue weighted by molar-refractivity contribution is -0.126. The number of rotatable bonds is 2. The van der Waals surface area contributed by atoms with Crippen molar-refractivity contribution >= 4 is 12.0 Å². The zero-order valence-electron chi connectivity index (χ0n) is 7.87. The van der Waals surface area contributed by atoms with E-state index in [1.807, 2.05) is 0 Å². The smallest absolute Gasteiger partial charge is 0.407 e. The van der Waals surface area contributed by atoms with Crippen LogP contribution in [0.4, 0.5) is 4.79 Å². The van der Waals surface area contributed by atoms with Crippen molar-refractivity contribution in [2.75, 3.05) is 20.2 Å². The molecule has 0 aromatic carbocycles. The second-order valence-electron chi connectivity index (χ2n) is 3.04. The molecule has 13 heavy (non-hydrogen) atoms. The average molecular weight is 186 g/mol. The molecule has 1 heterocycles. The highest BCUT2D eigenvalue weighted by Gasteiger charge is 2.27. The number of carbonyl (C=O) groups excluding carboxylic acids is 2. The van der Waals surface area contributed by atoms with Gasteiger partial charge in [-0.05, 0) is 6.92 Å². The molecule has 1 aliphatic rings. The Kier molecular flexibility index (Phi) is 3.11.